The number of nitrogens with one attached hydrogen (secondary N) is 1. The van der Waals surface area contributed by atoms with E-state index in [1.807, 2.05) is 0 Å². The van der Waals surface area contributed by atoms with Crippen molar-refractivity contribution in [2.75, 3.05) is 0 Å². The molecule has 0 bridgehead atoms. The Bertz CT molecular complexity index is 697. The highest BCUT2D eigenvalue weighted by Gasteiger charge is 2.21. The summed E-state index contributed by atoms with van der Waals surface area (Å²) in [5.41, 5.74) is 1.30. The van der Waals surface area contributed by atoms with Gasteiger partial charge in [-0.15, -0.1) is 11.3 Å². The molecule has 0 aliphatic rings. The zero-order chi connectivity index (χ0) is 14.8. The standard InChI is InChI=1S/C13H14ClNO3S2/c1-9(11-4-2-3-5-12(11)14)15-20(17,18)13-6-10(7-16)8-19-13/h2-6,8-9,15-16H,7H2,1H3. The van der Waals surface area contributed by atoms with Gasteiger partial charge in [0.15, 0.2) is 0 Å². The van der Waals surface area contributed by atoms with E-state index in [4.69, 9.17) is 16.7 Å². The predicted octanol–water partition coefficient (Wildman–Crippen LogP) is 2.93. The minimum absolute atomic E-state index is 0.175. The van der Waals surface area contributed by atoms with Crippen LogP contribution in [0.25, 0.3) is 0 Å². The van der Waals surface area contributed by atoms with Crippen molar-refractivity contribution >= 4 is 33.0 Å². The monoisotopic (exact) mass is 331 g/mol. The molecule has 0 radical (unpaired) electrons. The Morgan fingerprint density at radius 1 is 1.40 bits per heavy atom. The van der Waals surface area contributed by atoms with Crippen LogP contribution in [0, 0.1) is 0 Å². The van der Waals surface area contributed by atoms with Gasteiger partial charge in [-0.05, 0) is 35.6 Å². The molecule has 2 rings (SSSR count). The zero-order valence-electron chi connectivity index (χ0n) is 10.7. The fourth-order valence-corrected chi connectivity index (χ4v) is 4.50. The second-order valence-electron chi connectivity index (χ2n) is 4.30. The third-order valence-corrected chi connectivity index (χ3v) is 6.15. The lowest BCUT2D eigenvalue weighted by molar-refractivity contribution is 0.282. The molecule has 1 aromatic heterocycles. The van der Waals surface area contributed by atoms with Gasteiger partial charge in [0.1, 0.15) is 4.21 Å². The molecule has 1 unspecified atom stereocenters. The first-order chi connectivity index (χ1) is 9.44. The molecule has 0 fully saturated rings. The van der Waals surface area contributed by atoms with E-state index in [2.05, 4.69) is 4.72 Å². The van der Waals surface area contributed by atoms with Crippen molar-refractivity contribution in [1.82, 2.24) is 4.72 Å². The molecule has 2 aromatic rings. The summed E-state index contributed by atoms with van der Waals surface area (Å²) in [5, 5.41) is 11.1. The minimum Gasteiger partial charge on any atom is -0.392 e. The van der Waals surface area contributed by atoms with Crippen LogP contribution in [0.4, 0.5) is 0 Å². The molecule has 0 saturated carbocycles. The van der Waals surface area contributed by atoms with E-state index in [-0.39, 0.29) is 10.8 Å². The van der Waals surface area contributed by atoms with E-state index in [0.717, 1.165) is 16.9 Å². The number of halogens is 1. The van der Waals surface area contributed by atoms with Crippen LogP contribution in [0.1, 0.15) is 24.1 Å². The van der Waals surface area contributed by atoms with Gasteiger partial charge in [-0.3, -0.25) is 0 Å². The van der Waals surface area contributed by atoms with Crippen LogP contribution < -0.4 is 4.72 Å². The summed E-state index contributed by atoms with van der Waals surface area (Å²) in [6.45, 7) is 1.56. The molecule has 20 heavy (non-hydrogen) atoms. The van der Waals surface area contributed by atoms with Crippen molar-refractivity contribution in [3.63, 3.8) is 0 Å². The molecule has 1 heterocycles. The molecule has 7 heteroatoms. The fraction of sp³-hybridized carbons (Fsp3) is 0.231. The average Bonchev–Trinajstić information content (AvgIpc) is 2.88. The second kappa shape index (κ2) is 6.24. The van der Waals surface area contributed by atoms with Gasteiger partial charge in [-0.2, -0.15) is 0 Å². The van der Waals surface area contributed by atoms with Gasteiger partial charge in [-0.25, -0.2) is 13.1 Å². The van der Waals surface area contributed by atoms with E-state index in [9.17, 15) is 8.42 Å². The van der Waals surface area contributed by atoms with Crippen LogP contribution in [-0.4, -0.2) is 13.5 Å². The van der Waals surface area contributed by atoms with E-state index in [1.165, 1.54) is 6.07 Å². The van der Waals surface area contributed by atoms with Crippen molar-refractivity contribution in [3.05, 3.63) is 51.9 Å². The maximum atomic E-state index is 12.2. The summed E-state index contributed by atoms with van der Waals surface area (Å²) < 4.78 is 27.2. The van der Waals surface area contributed by atoms with E-state index >= 15 is 0 Å². The molecular formula is C13H14ClNO3S2. The summed E-state index contributed by atoms with van der Waals surface area (Å²) in [5.74, 6) is 0. The Hall–Kier alpha value is -0.920. The number of hydrogen-bond donors (Lipinski definition) is 2. The third-order valence-electron chi connectivity index (χ3n) is 2.78. The Balaban J connectivity index is 2.22. The highest BCUT2D eigenvalue weighted by atomic mass is 35.5. The first-order valence-corrected chi connectivity index (χ1v) is 8.63. The smallest absolute Gasteiger partial charge is 0.250 e. The van der Waals surface area contributed by atoms with Gasteiger partial charge in [0.25, 0.3) is 10.0 Å². The lowest BCUT2D eigenvalue weighted by atomic mass is 10.1. The summed E-state index contributed by atoms with van der Waals surface area (Å²) >= 11 is 7.13. The van der Waals surface area contributed by atoms with Crippen molar-refractivity contribution < 1.29 is 13.5 Å². The van der Waals surface area contributed by atoms with Gasteiger partial charge < -0.3 is 5.11 Å². The number of thiophene rings is 1. The van der Waals surface area contributed by atoms with Gasteiger partial charge in [-0.1, -0.05) is 29.8 Å². The molecule has 0 amide bonds. The number of aliphatic hydroxyl groups excluding tert-OH is 1. The predicted molar refractivity (Wildman–Crippen MR) is 80.4 cm³/mol. The topological polar surface area (TPSA) is 66.4 Å². The third kappa shape index (κ3) is 3.39. The van der Waals surface area contributed by atoms with Crippen molar-refractivity contribution in [2.45, 2.75) is 23.8 Å². The number of benzene rings is 1. The summed E-state index contributed by atoms with van der Waals surface area (Å²) in [6, 6.07) is 8.13. The van der Waals surface area contributed by atoms with Gasteiger partial charge in [0, 0.05) is 11.1 Å². The molecule has 1 atom stereocenters. The lowest BCUT2D eigenvalue weighted by Gasteiger charge is -2.15. The van der Waals surface area contributed by atoms with Crippen LogP contribution in [0.15, 0.2) is 39.9 Å². The number of aliphatic hydroxyl groups is 1. The highest BCUT2D eigenvalue weighted by Crippen LogP contribution is 2.26. The van der Waals surface area contributed by atoms with E-state index in [0.29, 0.717) is 10.6 Å². The fourth-order valence-electron chi connectivity index (χ4n) is 1.76. The van der Waals surface area contributed by atoms with Crippen LogP contribution in [0.5, 0.6) is 0 Å². The quantitative estimate of drug-likeness (QED) is 0.885. The van der Waals surface area contributed by atoms with Gasteiger partial charge >= 0.3 is 0 Å². The number of sulfonamides is 1. The molecular weight excluding hydrogens is 318 g/mol. The Morgan fingerprint density at radius 3 is 2.70 bits per heavy atom. The number of rotatable bonds is 5. The molecule has 2 N–H and O–H groups in total. The minimum atomic E-state index is -3.61. The van der Waals surface area contributed by atoms with Crippen molar-refractivity contribution in [3.8, 4) is 0 Å². The first kappa shape index (κ1) is 15.5. The summed E-state index contributed by atoms with van der Waals surface area (Å²) in [4.78, 5) is 0. The SMILES string of the molecule is CC(NS(=O)(=O)c1cc(CO)cs1)c1ccccc1Cl. The second-order valence-corrected chi connectivity index (χ2v) is 7.56. The first-order valence-electron chi connectivity index (χ1n) is 5.89. The molecule has 0 aliphatic heterocycles. The average molecular weight is 332 g/mol. The molecule has 1 aromatic carbocycles. The van der Waals surface area contributed by atoms with E-state index in [1.54, 1.807) is 36.6 Å². The maximum absolute atomic E-state index is 12.2. The highest BCUT2D eigenvalue weighted by molar-refractivity contribution is 7.91. The molecule has 0 aliphatic carbocycles. The maximum Gasteiger partial charge on any atom is 0.250 e. The Morgan fingerprint density at radius 2 is 2.10 bits per heavy atom. The lowest BCUT2D eigenvalue weighted by Crippen LogP contribution is -2.26. The largest absolute Gasteiger partial charge is 0.392 e. The Labute approximate surface area is 127 Å². The van der Waals surface area contributed by atoms with Gasteiger partial charge in [0.05, 0.1) is 6.61 Å². The van der Waals surface area contributed by atoms with Gasteiger partial charge in [0.2, 0.25) is 0 Å². The normalized spacial score (nSPS) is 13.3. The molecule has 4 nitrogen and oxygen atoms in total. The van der Waals surface area contributed by atoms with Crippen LogP contribution in [0.3, 0.4) is 0 Å². The molecule has 0 spiro atoms. The van der Waals surface area contributed by atoms with Crippen molar-refractivity contribution in [2.24, 2.45) is 0 Å². The number of hydrogen-bond acceptors (Lipinski definition) is 4. The molecule has 108 valence electrons. The van der Waals surface area contributed by atoms with Crippen molar-refractivity contribution in [1.29, 1.82) is 0 Å². The summed E-state index contributed by atoms with van der Waals surface area (Å²) in [7, 11) is -3.61. The van der Waals surface area contributed by atoms with Crippen LogP contribution in [-0.2, 0) is 16.6 Å². The van der Waals surface area contributed by atoms with E-state index < -0.39 is 16.1 Å². The molecule has 0 saturated heterocycles. The Kier molecular flexibility index (Phi) is 4.82. The summed E-state index contributed by atoms with van der Waals surface area (Å²) in [6.07, 6.45) is 0. The van der Waals surface area contributed by atoms with Crippen LogP contribution >= 0.6 is 22.9 Å². The van der Waals surface area contributed by atoms with Crippen LogP contribution in [0.2, 0.25) is 5.02 Å². The zero-order valence-corrected chi connectivity index (χ0v) is 13.1.